The van der Waals surface area contributed by atoms with Crippen molar-refractivity contribution in [2.24, 2.45) is 0 Å². The first kappa shape index (κ1) is 13.1. The highest BCUT2D eigenvalue weighted by molar-refractivity contribution is 5.47. The Balaban J connectivity index is 1.81. The van der Waals surface area contributed by atoms with Crippen molar-refractivity contribution in [1.29, 1.82) is 0 Å². The number of likely N-dealkylation sites (N-methyl/N-ethyl adjacent to an activating group) is 1. The minimum absolute atomic E-state index is 0.0386. The first-order chi connectivity index (χ1) is 9.78. The van der Waals surface area contributed by atoms with E-state index >= 15 is 0 Å². The number of pyridine rings is 1. The maximum Gasteiger partial charge on any atom is 0.234 e. The average Bonchev–Trinajstić information content (AvgIpc) is 3.08. The summed E-state index contributed by atoms with van der Waals surface area (Å²) in [4.78, 5) is 8.28. The van der Waals surface area contributed by atoms with Crippen molar-refractivity contribution in [3.05, 3.63) is 30.0 Å². The van der Waals surface area contributed by atoms with Crippen LogP contribution >= 0.6 is 0 Å². The summed E-state index contributed by atoms with van der Waals surface area (Å²) in [7, 11) is 0. The SMILES string of the molecule is CCNC1COCC1c1nc(-c2ccc(F)cn2)no1. The fourth-order valence-electron chi connectivity index (χ4n) is 2.26. The van der Waals surface area contributed by atoms with Gasteiger partial charge in [0.2, 0.25) is 11.7 Å². The van der Waals surface area contributed by atoms with E-state index in [-0.39, 0.29) is 12.0 Å². The van der Waals surface area contributed by atoms with Gasteiger partial charge in [0.25, 0.3) is 0 Å². The van der Waals surface area contributed by atoms with Crippen LogP contribution in [0.25, 0.3) is 11.5 Å². The van der Waals surface area contributed by atoms with E-state index in [9.17, 15) is 4.39 Å². The molecule has 2 atom stereocenters. The van der Waals surface area contributed by atoms with Crippen LogP contribution in [-0.4, -0.2) is 40.9 Å². The Morgan fingerprint density at radius 3 is 3.05 bits per heavy atom. The lowest BCUT2D eigenvalue weighted by Crippen LogP contribution is -2.34. The Morgan fingerprint density at radius 2 is 2.30 bits per heavy atom. The monoisotopic (exact) mass is 278 g/mol. The molecule has 1 aliphatic rings. The Bertz CT molecular complexity index is 572. The van der Waals surface area contributed by atoms with Crippen molar-refractivity contribution in [3.8, 4) is 11.5 Å². The van der Waals surface area contributed by atoms with Crippen molar-refractivity contribution in [2.45, 2.75) is 18.9 Å². The summed E-state index contributed by atoms with van der Waals surface area (Å²) in [6, 6.07) is 3.02. The van der Waals surface area contributed by atoms with Crippen LogP contribution in [0, 0.1) is 5.82 Å². The van der Waals surface area contributed by atoms with Gasteiger partial charge in [-0.25, -0.2) is 9.37 Å². The summed E-state index contributed by atoms with van der Waals surface area (Å²) in [5.41, 5.74) is 0.486. The summed E-state index contributed by atoms with van der Waals surface area (Å²) < 4.78 is 23.6. The zero-order chi connectivity index (χ0) is 13.9. The van der Waals surface area contributed by atoms with Crippen LogP contribution < -0.4 is 5.32 Å². The Hall–Kier alpha value is -1.86. The number of hydrogen-bond acceptors (Lipinski definition) is 6. The largest absolute Gasteiger partial charge is 0.379 e. The molecule has 1 fully saturated rings. The lowest BCUT2D eigenvalue weighted by molar-refractivity contribution is 0.185. The molecular weight excluding hydrogens is 263 g/mol. The van der Waals surface area contributed by atoms with Gasteiger partial charge in [0, 0.05) is 6.04 Å². The van der Waals surface area contributed by atoms with Crippen LogP contribution in [0.5, 0.6) is 0 Å². The first-order valence-electron chi connectivity index (χ1n) is 6.54. The highest BCUT2D eigenvalue weighted by Crippen LogP contribution is 2.26. The molecule has 0 saturated carbocycles. The van der Waals surface area contributed by atoms with E-state index in [1.54, 1.807) is 0 Å². The molecular formula is C13H15FN4O2. The molecule has 1 N–H and O–H groups in total. The Kier molecular flexibility index (Phi) is 3.70. The van der Waals surface area contributed by atoms with Crippen LogP contribution in [0.2, 0.25) is 0 Å². The van der Waals surface area contributed by atoms with Gasteiger partial charge in [-0.05, 0) is 18.7 Å². The summed E-state index contributed by atoms with van der Waals surface area (Å²) in [6.45, 7) is 4.07. The topological polar surface area (TPSA) is 73.1 Å². The number of rotatable bonds is 4. The van der Waals surface area contributed by atoms with Gasteiger partial charge >= 0.3 is 0 Å². The number of halogens is 1. The van der Waals surface area contributed by atoms with Crippen LogP contribution in [0.4, 0.5) is 4.39 Å². The summed E-state index contributed by atoms with van der Waals surface area (Å²) in [6.07, 6.45) is 1.13. The van der Waals surface area contributed by atoms with Crippen molar-refractivity contribution in [2.75, 3.05) is 19.8 Å². The van der Waals surface area contributed by atoms with Crippen LogP contribution in [0.3, 0.4) is 0 Å². The third-order valence-corrected chi connectivity index (χ3v) is 3.26. The van der Waals surface area contributed by atoms with E-state index in [4.69, 9.17) is 9.26 Å². The third kappa shape index (κ3) is 2.54. The van der Waals surface area contributed by atoms with Gasteiger partial charge in [0.15, 0.2) is 0 Å². The smallest absolute Gasteiger partial charge is 0.234 e. The average molecular weight is 278 g/mol. The molecule has 0 bridgehead atoms. The third-order valence-electron chi connectivity index (χ3n) is 3.26. The summed E-state index contributed by atoms with van der Waals surface area (Å²) in [5.74, 6) is 0.530. The van der Waals surface area contributed by atoms with Crippen LogP contribution in [0.15, 0.2) is 22.9 Å². The van der Waals surface area contributed by atoms with Crippen LogP contribution in [-0.2, 0) is 4.74 Å². The summed E-state index contributed by atoms with van der Waals surface area (Å²) >= 11 is 0. The maximum absolute atomic E-state index is 12.8. The highest BCUT2D eigenvalue weighted by atomic mass is 19.1. The van der Waals surface area contributed by atoms with Crippen molar-refractivity contribution >= 4 is 0 Å². The standard InChI is InChI=1S/C13H15FN4O2/c1-2-15-11-7-19-6-9(11)13-17-12(18-20-13)10-4-3-8(14)5-16-10/h3-5,9,11,15H,2,6-7H2,1H3. The molecule has 0 aromatic carbocycles. The van der Waals surface area contributed by atoms with Gasteiger partial charge in [-0.15, -0.1) is 0 Å². The molecule has 2 aromatic rings. The van der Waals surface area contributed by atoms with Crippen LogP contribution in [0.1, 0.15) is 18.7 Å². The quantitative estimate of drug-likeness (QED) is 0.910. The Morgan fingerprint density at radius 1 is 1.40 bits per heavy atom. The molecule has 3 rings (SSSR count). The molecule has 6 nitrogen and oxygen atoms in total. The zero-order valence-corrected chi connectivity index (χ0v) is 11.0. The highest BCUT2D eigenvalue weighted by Gasteiger charge is 2.33. The second-order valence-corrected chi connectivity index (χ2v) is 4.63. The number of ether oxygens (including phenoxy) is 1. The maximum atomic E-state index is 12.8. The second-order valence-electron chi connectivity index (χ2n) is 4.63. The predicted octanol–water partition coefficient (Wildman–Crippen LogP) is 1.36. The minimum Gasteiger partial charge on any atom is -0.379 e. The van der Waals surface area contributed by atoms with E-state index in [2.05, 4.69) is 20.4 Å². The fraction of sp³-hybridized carbons (Fsp3) is 0.462. The number of nitrogens with zero attached hydrogens (tertiary/aromatic N) is 3. The van der Waals surface area contributed by atoms with E-state index < -0.39 is 5.82 Å². The van der Waals surface area contributed by atoms with E-state index in [0.717, 1.165) is 12.7 Å². The van der Waals surface area contributed by atoms with E-state index in [1.165, 1.54) is 12.1 Å². The van der Waals surface area contributed by atoms with Crippen molar-refractivity contribution < 1.29 is 13.7 Å². The van der Waals surface area contributed by atoms with E-state index in [0.29, 0.717) is 30.6 Å². The van der Waals surface area contributed by atoms with Gasteiger partial charge in [-0.2, -0.15) is 4.98 Å². The molecule has 0 radical (unpaired) electrons. The predicted molar refractivity (Wildman–Crippen MR) is 68.5 cm³/mol. The molecule has 106 valence electrons. The molecule has 7 heteroatoms. The molecule has 1 aliphatic heterocycles. The molecule has 2 unspecified atom stereocenters. The van der Waals surface area contributed by atoms with Gasteiger partial charge in [-0.1, -0.05) is 12.1 Å². The molecule has 20 heavy (non-hydrogen) atoms. The normalized spacial score (nSPS) is 22.3. The summed E-state index contributed by atoms with van der Waals surface area (Å²) in [5, 5.41) is 7.23. The van der Waals surface area contributed by atoms with Gasteiger partial charge in [0.1, 0.15) is 11.5 Å². The molecule has 3 heterocycles. The lowest BCUT2D eigenvalue weighted by atomic mass is 10.0. The molecule has 1 saturated heterocycles. The van der Waals surface area contributed by atoms with Crippen molar-refractivity contribution in [1.82, 2.24) is 20.4 Å². The van der Waals surface area contributed by atoms with Gasteiger partial charge in [0.05, 0.1) is 25.3 Å². The molecule has 2 aromatic heterocycles. The molecule has 0 amide bonds. The first-order valence-corrected chi connectivity index (χ1v) is 6.54. The Labute approximate surface area is 115 Å². The van der Waals surface area contributed by atoms with Crippen molar-refractivity contribution in [3.63, 3.8) is 0 Å². The van der Waals surface area contributed by atoms with Gasteiger partial charge < -0.3 is 14.6 Å². The number of hydrogen-bond donors (Lipinski definition) is 1. The second kappa shape index (κ2) is 5.64. The zero-order valence-electron chi connectivity index (χ0n) is 11.0. The fourth-order valence-corrected chi connectivity index (χ4v) is 2.26. The molecule has 0 aliphatic carbocycles. The lowest BCUT2D eigenvalue weighted by Gasteiger charge is -2.13. The minimum atomic E-state index is -0.395. The molecule has 0 spiro atoms. The number of aromatic nitrogens is 3. The van der Waals surface area contributed by atoms with Gasteiger partial charge in [-0.3, -0.25) is 0 Å². The number of nitrogens with one attached hydrogen (secondary N) is 1. The van der Waals surface area contributed by atoms with E-state index in [1.807, 2.05) is 6.92 Å².